The number of aromatic nitrogens is 4. The van der Waals surface area contributed by atoms with E-state index in [9.17, 15) is 18.8 Å². The van der Waals surface area contributed by atoms with E-state index in [4.69, 9.17) is 0 Å². The number of carbonyl (C=O) groups is 3. The van der Waals surface area contributed by atoms with E-state index in [1.165, 1.54) is 22.7 Å². The van der Waals surface area contributed by atoms with E-state index in [-0.39, 0.29) is 47.0 Å². The van der Waals surface area contributed by atoms with Gasteiger partial charge < -0.3 is 10.6 Å². The van der Waals surface area contributed by atoms with Crippen molar-refractivity contribution in [2.45, 2.75) is 46.2 Å². The van der Waals surface area contributed by atoms with E-state index < -0.39 is 5.91 Å². The predicted octanol–water partition coefficient (Wildman–Crippen LogP) is 3.43. The average Bonchev–Trinajstić information content (AvgIpc) is 3.51. The maximum Gasteiger partial charge on any atom is 0.270 e. The Morgan fingerprint density at radius 3 is 2.65 bits per heavy atom. The van der Waals surface area contributed by atoms with Crippen molar-refractivity contribution in [1.82, 2.24) is 30.7 Å². The molecule has 10 heteroatoms. The Kier molecular flexibility index (Phi) is 6.24. The van der Waals surface area contributed by atoms with E-state index in [0.29, 0.717) is 17.5 Å². The van der Waals surface area contributed by atoms with E-state index in [1.54, 1.807) is 32.0 Å². The van der Waals surface area contributed by atoms with Gasteiger partial charge in [-0.2, -0.15) is 4.52 Å². The molecule has 0 saturated heterocycles. The van der Waals surface area contributed by atoms with Crippen LogP contribution in [-0.2, 0) is 13.0 Å². The Morgan fingerprint density at radius 2 is 1.89 bits per heavy atom. The highest BCUT2D eigenvalue weighted by atomic mass is 19.1. The Morgan fingerprint density at radius 1 is 1.08 bits per heavy atom. The van der Waals surface area contributed by atoms with Crippen LogP contribution in [0.1, 0.15) is 78.4 Å². The molecule has 2 aromatic carbocycles. The lowest BCUT2D eigenvalue weighted by Gasteiger charge is -2.16. The molecule has 0 bridgehead atoms. The first-order valence-electron chi connectivity index (χ1n) is 11.9. The van der Waals surface area contributed by atoms with Crippen molar-refractivity contribution in [3.8, 4) is 0 Å². The van der Waals surface area contributed by atoms with Gasteiger partial charge >= 0.3 is 0 Å². The van der Waals surface area contributed by atoms with Crippen molar-refractivity contribution in [3.05, 3.63) is 92.9 Å². The molecule has 2 heterocycles. The monoisotopic (exact) mass is 500 g/mol. The van der Waals surface area contributed by atoms with Crippen LogP contribution in [-0.4, -0.2) is 37.6 Å². The largest absolute Gasteiger partial charge is 0.347 e. The van der Waals surface area contributed by atoms with Gasteiger partial charge in [-0.05, 0) is 90.1 Å². The lowest BCUT2D eigenvalue weighted by molar-refractivity contribution is 0.0935. The van der Waals surface area contributed by atoms with Crippen LogP contribution in [0.3, 0.4) is 0 Å². The lowest BCUT2D eigenvalue weighted by Crippen LogP contribution is -2.29. The molecule has 1 atom stereocenters. The molecule has 0 saturated carbocycles. The minimum Gasteiger partial charge on any atom is -0.347 e. The molecule has 0 spiro atoms. The number of hydrogen-bond acceptors (Lipinski definition) is 6. The zero-order valence-corrected chi connectivity index (χ0v) is 20.6. The van der Waals surface area contributed by atoms with Crippen LogP contribution in [0, 0.1) is 19.7 Å². The molecule has 2 aromatic heterocycles. The van der Waals surface area contributed by atoms with Crippen LogP contribution in [0.4, 0.5) is 4.39 Å². The molecular weight excluding hydrogens is 475 g/mol. The molecule has 0 aliphatic heterocycles. The minimum atomic E-state index is -0.479. The normalized spacial score (nSPS) is 14.4. The third kappa shape index (κ3) is 4.57. The summed E-state index contributed by atoms with van der Waals surface area (Å²) in [7, 11) is 0. The fourth-order valence-electron chi connectivity index (χ4n) is 4.88. The van der Waals surface area contributed by atoms with Crippen molar-refractivity contribution < 1.29 is 18.8 Å². The summed E-state index contributed by atoms with van der Waals surface area (Å²) in [5, 5.41) is 17.3. The molecule has 9 nitrogen and oxygen atoms in total. The van der Waals surface area contributed by atoms with Crippen molar-refractivity contribution in [1.29, 1.82) is 0 Å². The van der Waals surface area contributed by atoms with Crippen molar-refractivity contribution in [2.75, 3.05) is 0 Å². The molecule has 5 rings (SSSR count). The van der Waals surface area contributed by atoms with Gasteiger partial charge in [0.05, 0.1) is 6.04 Å². The summed E-state index contributed by atoms with van der Waals surface area (Å²) in [5.41, 5.74) is 5.54. The first-order chi connectivity index (χ1) is 17.7. The fourth-order valence-corrected chi connectivity index (χ4v) is 4.88. The maximum absolute atomic E-state index is 13.6. The number of amides is 2. The van der Waals surface area contributed by atoms with Crippen LogP contribution in [0.25, 0.3) is 5.65 Å². The standard InChI is InChI=1S/C27H25FN6O3/c1-14-10-17(4-8-22(14)28)13-29-27(37)24-11-18(12-25-31-32-33-34(24)25)26(36)30-23-9-7-20-15(2)19(16(3)35)5-6-21(20)23/h4-6,8,10-12,23H,7,9,13H2,1-3H3,(H,29,37)(H,30,36)/t23-/m0/s1. The van der Waals surface area contributed by atoms with Crippen molar-refractivity contribution in [3.63, 3.8) is 0 Å². The van der Waals surface area contributed by atoms with Crippen LogP contribution < -0.4 is 10.6 Å². The zero-order valence-electron chi connectivity index (χ0n) is 20.6. The molecule has 2 amide bonds. The van der Waals surface area contributed by atoms with Gasteiger partial charge in [0.15, 0.2) is 11.4 Å². The molecule has 1 aliphatic rings. The number of benzene rings is 2. The smallest absolute Gasteiger partial charge is 0.270 e. The van der Waals surface area contributed by atoms with Gasteiger partial charge in [-0.25, -0.2) is 4.39 Å². The number of ketones is 1. The van der Waals surface area contributed by atoms with Gasteiger partial charge in [-0.1, -0.05) is 24.3 Å². The highest BCUT2D eigenvalue weighted by Crippen LogP contribution is 2.35. The van der Waals surface area contributed by atoms with Crippen LogP contribution in [0.15, 0.2) is 42.5 Å². The number of nitrogens with zero attached hydrogens (tertiary/aromatic N) is 4. The Hall–Kier alpha value is -4.47. The quantitative estimate of drug-likeness (QED) is 0.392. The van der Waals surface area contributed by atoms with E-state index in [1.807, 2.05) is 13.0 Å². The third-order valence-corrected chi connectivity index (χ3v) is 6.85. The van der Waals surface area contributed by atoms with E-state index in [0.717, 1.165) is 28.7 Å². The number of rotatable bonds is 6. The second-order valence-corrected chi connectivity index (χ2v) is 9.27. The maximum atomic E-state index is 13.6. The number of aryl methyl sites for hydroxylation is 1. The molecule has 0 radical (unpaired) electrons. The number of halogens is 1. The van der Waals surface area contributed by atoms with Gasteiger partial charge in [-0.15, -0.1) is 5.10 Å². The number of carbonyl (C=O) groups excluding carboxylic acids is 3. The van der Waals surface area contributed by atoms with Crippen LogP contribution in [0.5, 0.6) is 0 Å². The van der Waals surface area contributed by atoms with Crippen molar-refractivity contribution in [2.24, 2.45) is 0 Å². The topological polar surface area (TPSA) is 118 Å². The van der Waals surface area contributed by atoms with Gasteiger partial charge in [0.1, 0.15) is 11.5 Å². The van der Waals surface area contributed by atoms with Crippen LogP contribution in [0.2, 0.25) is 0 Å². The summed E-state index contributed by atoms with van der Waals surface area (Å²) in [5.74, 6) is -1.14. The number of tetrazole rings is 1. The second-order valence-electron chi connectivity index (χ2n) is 9.27. The highest BCUT2D eigenvalue weighted by molar-refractivity contribution is 6.00. The first kappa shape index (κ1) is 24.2. The predicted molar refractivity (Wildman–Crippen MR) is 133 cm³/mol. The average molecular weight is 501 g/mol. The van der Waals surface area contributed by atoms with Crippen LogP contribution >= 0.6 is 0 Å². The van der Waals surface area contributed by atoms with E-state index in [2.05, 4.69) is 26.2 Å². The first-order valence-corrected chi connectivity index (χ1v) is 11.9. The lowest BCUT2D eigenvalue weighted by atomic mass is 9.96. The summed E-state index contributed by atoms with van der Waals surface area (Å²) in [6.07, 6.45) is 1.47. The summed E-state index contributed by atoms with van der Waals surface area (Å²) < 4.78 is 14.8. The molecule has 2 N–H and O–H groups in total. The molecule has 188 valence electrons. The number of hydrogen-bond donors (Lipinski definition) is 2. The second kappa shape index (κ2) is 9.53. The summed E-state index contributed by atoms with van der Waals surface area (Å²) in [6, 6.07) is 11.1. The van der Waals surface area contributed by atoms with Gasteiger partial charge in [-0.3, -0.25) is 14.4 Å². The SMILES string of the molecule is CC(=O)c1ccc2c(c1C)CC[C@@H]2NC(=O)c1cc(C(=O)NCc2ccc(F)c(C)c2)n2nnnc2c1. The summed E-state index contributed by atoms with van der Waals surface area (Å²) in [4.78, 5) is 38.2. The molecule has 4 aromatic rings. The third-order valence-electron chi connectivity index (χ3n) is 6.85. The molecule has 1 aliphatic carbocycles. The fraction of sp³-hybridized carbons (Fsp3) is 0.259. The summed E-state index contributed by atoms with van der Waals surface area (Å²) >= 11 is 0. The molecule has 37 heavy (non-hydrogen) atoms. The number of fused-ring (bicyclic) bond motifs is 2. The van der Waals surface area contributed by atoms with Gasteiger partial charge in [0.2, 0.25) is 0 Å². The van der Waals surface area contributed by atoms with E-state index >= 15 is 0 Å². The van der Waals surface area contributed by atoms with Gasteiger partial charge in [0, 0.05) is 17.7 Å². The summed E-state index contributed by atoms with van der Waals surface area (Å²) in [6.45, 7) is 5.30. The Balaban J connectivity index is 1.37. The molecular formula is C27H25FN6O3. The molecule has 0 unspecified atom stereocenters. The van der Waals surface area contributed by atoms with Gasteiger partial charge in [0.25, 0.3) is 11.8 Å². The Labute approximate surface area is 212 Å². The number of pyridine rings is 1. The zero-order chi connectivity index (χ0) is 26.3. The minimum absolute atomic E-state index is 0.0170. The highest BCUT2D eigenvalue weighted by Gasteiger charge is 2.28. The number of nitrogens with one attached hydrogen (secondary N) is 2. The van der Waals surface area contributed by atoms with Crippen molar-refractivity contribution >= 4 is 23.2 Å². The number of Topliss-reactive ketones (excluding diaryl/α,β-unsaturated/α-hetero) is 1. The molecule has 0 fully saturated rings. The Bertz CT molecular complexity index is 1580.